The molecule has 1 N–H and O–H groups in total. The van der Waals surface area contributed by atoms with Gasteiger partial charge in [-0.15, -0.1) is 10.2 Å². The molecule has 110 valence electrons. The molecule has 0 atom stereocenters. The van der Waals surface area contributed by atoms with Gasteiger partial charge in [-0.3, -0.25) is 0 Å². The summed E-state index contributed by atoms with van der Waals surface area (Å²) < 4.78 is 12.9. The molecule has 0 aliphatic carbocycles. The number of carbonyl (C=O) groups is 1. The Morgan fingerprint density at radius 3 is 2.68 bits per heavy atom. The Hall–Kier alpha value is -3.09. The number of tetrazole rings is 1. The molecule has 7 heteroatoms. The van der Waals surface area contributed by atoms with Crippen LogP contribution < -0.4 is 0 Å². The Bertz CT molecular complexity index is 814. The van der Waals surface area contributed by atoms with Crippen molar-refractivity contribution in [3.63, 3.8) is 0 Å². The summed E-state index contributed by atoms with van der Waals surface area (Å²) in [4.78, 5) is 12.3. The van der Waals surface area contributed by atoms with Gasteiger partial charge in [-0.05, 0) is 35.0 Å². The van der Waals surface area contributed by atoms with Crippen LogP contribution in [0, 0.1) is 5.82 Å². The average Bonchev–Trinajstić information content (AvgIpc) is 2.98. The first-order valence-corrected chi connectivity index (χ1v) is 6.48. The van der Waals surface area contributed by atoms with Crippen LogP contribution in [0.1, 0.15) is 15.9 Å². The van der Waals surface area contributed by atoms with Crippen LogP contribution in [0.3, 0.4) is 0 Å². The monoisotopic (exact) mass is 298 g/mol. The minimum absolute atomic E-state index is 0.160. The van der Waals surface area contributed by atoms with Gasteiger partial charge in [0.1, 0.15) is 5.82 Å². The molecule has 3 rings (SSSR count). The molecule has 1 aromatic heterocycles. The number of benzene rings is 2. The van der Waals surface area contributed by atoms with E-state index in [1.165, 1.54) is 29.1 Å². The maximum Gasteiger partial charge on any atom is 0.335 e. The largest absolute Gasteiger partial charge is 0.478 e. The predicted octanol–water partition coefficient (Wildman–Crippen LogP) is 2.23. The Balaban J connectivity index is 1.83. The lowest BCUT2D eigenvalue weighted by Crippen LogP contribution is -2.04. The molecule has 3 aromatic rings. The zero-order valence-corrected chi connectivity index (χ0v) is 11.3. The smallest absolute Gasteiger partial charge is 0.335 e. The van der Waals surface area contributed by atoms with Crippen molar-refractivity contribution in [2.24, 2.45) is 0 Å². The maximum atomic E-state index is 12.9. The van der Waals surface area contributed by atoms with Gasteiger partial charge in [-0.2, -0.15) is 4.80 Å². The molecule has 0 saturated carbocycles. The van der Waals surface area contributed by atoms with E-state index in [-0.39, 0.29) is 11.4 Å². The zero-order chi connectivity index (χ0) is 15.5. The highest BCUT2D eigenvalue weighted by molar-refractivity contribution is 5.88. The number of carboxylic acid groups (broad SMARTS) is 1. The second-order valence-corrected chi connectivity index (χ2v) is 4.66. The van der Waals surface area contributed by atoms with Crippen LogP contribution in [-0.4, -0.2) is 31.3 Å². The van der Waals surface area contributed by atoms with Crippen LogP contribution in [0.4, 0.5) is 4.39 Å². The first kappa shape index (κ1) is 13.9. The van der Waals surface area contributed by atoms with E-state index in [1.54, 1.807) is 24.3 Å². The summed E-state index contributed by atoms with van der Waals surface area (Å²) in [5.74, 6) is -0.979. The van der Waals surface area contributed by atoms with Crippen LogP contribution in [-0.2, 0) is 6.54 Å². The van der Waals surface area contributed by atoms with Crippen LogP contribution in [0.25, 0.3) is 11.4 Å². The number of hydrogen-bond acceptors (Lipinski definition) is 4. The van der Waals surface area contributed by atoms with Gasteiger partial charge in [-0.25, -0.2) is 9.18 Å². The maximum absolute atomic E-state index is 12.9. The summed E-state index contributed by atoms with van der Waals surface area (Å²) in [5, 5.41) is 21.0. The number of aromatic carboxylic acids is 1. The van der Waals surface area contributed by atoms with Crippen LogP contribution in [0.5, 0.6) is 0 Å². The van der Waals surface area contributed by atoms with E-state index in [0.29, 0.717) is 17.9 Å². The molecule has 0 fully saturated rings. The molecule has 22 heavy (non-hydrogen) atoms. The SMILES string of the molecule is O=C(O)c1cccc(-c2nnn(Cc3ccc(F)cc3)n2)c1. The topological polar surface area (TPSA) is 80.9 Å². The molecule has 6 nitrogen and oxygen atoms in total. The van der Waals surface area contributed by atoms with Gasteiger partial charge in [0, 0.05) is 5.56 Å². The first-order valence-electron chi connectivity index (χ1n) is 6.48. The number of halogens is 1. The summed E-state index contributed by atoms with van der Waals surface area (Å²) in [6.07, 6.45) is 0. The molecular weight excluding hydrogens is 287 g/mol. The molecule has 0 spiro atoms. The molecule has 1 heterocycles. The van der Waals surface area contributed by atoms with Gasteiger partial charge >= 0.3 is 5.97 Å². The normalized spacial score (nSPS) is 10.6. The van der Waals surface area contributed by atoms with Crippen molar-refractivity contribution < 1.29 is 14.3 Å². The first-order chi connectivity index (χ1) is 10.6. The van der Waals surface area contributed by atoms with Gasteiger partial charge in [0.05, 0.1) is 12.1 Å². The van der Waals surface area contributed by atoms with Crippen molar-refractivity contribution in [3.05, 3.63) is 65.5 Å². The highest BCUT2D eigenvalue weighted by Gasteiger charge is 2.09. The van der Waals surface area contributed by atoms with Crippen molar-refractivity contribution in [1.29, 1.82) is 0 Å². The van der Waals surface area contributed by atoms with Gasteiger partial charge in [0.25, 0.3) is 0 Å². The molecule has 0 saturated heterocycles. The van der Waals surface area contributed by atoms with E-state index in [2.05, 4.69) is 15.4 Å². The third kappa shape index (κ3) is 2.98. The highest BCUT2D eigenvalue weighted by atomic mass is 19.1. The van der Waals surface area contributed by atoms with E-state index in [1.807, 2.05) is 0 Å². The highest BCUT2D eigenvalue weighted by Crippen LogP contribution is 2.15. The quantitative estimate of drug-likeness (QED) is 0.798. The number of rotatable bonds is 4. The summed E-state index contributed by atoms with van der Waals surface area (Å²) >= 11 is 0. The van der Waals surface area contributed by atoms with Gasteiger partial charge in [-0.1, -0.05) is 24.3 Å². The molecule has 0 aliphatic rings. The fraction of sp³-hybridized carbons (Fsp3) is 0.0667. The van der Waals surface area contributed by atoms with Gasteiger partial charge < -0.3 is 5.11 Å². The average molecular weight is 298 g/mol. The lowest BCUT2D eigenvalue weighted by Gasteiger charge is -1.99. The third-order valence-electron chi connectivity index (χ3n) is 3.06. The Labute approximate surface area is 124 Å². The van der Waals surface area contributed by atoms with E-state index in [4.69, 9.17) is 5.11 Å². The molecule has 0 bridgehead atoms. The van der Waals surface area contributed by atoms with Crippen LogP contribution >= 0.6 is 0 Å². The number of nitrogens with zero attached hydrogens (tertiary/aromatic N) is 4. The summed E-state index contributed by atoms with van der Waals surface area (Å²) in [6, 6.07) is 12.3. The second kappa shape index (κ2) is 5.72. The Kier molecular flexibility index (Phi) is 3.61. The van der Waals surface area contributed by atoms with Crippen molar-refractivity contribution in [2.75, 3.05) is 0 Å². The summed E-state index contributed by atoms with van der Waals surface area (Å²) in [5.41, 5.74) is 1.57. The van der Waals surface area contributed by atoms with E-state index in [0.717, 1.165) is 5.56 Å². The molecule has 2 aromatic carbocycles. The molecule has 0 radical (unpaired) electrons. The second-order valence-electron chi connectivity index (χ2n) is 4.66. The van der Waals surface area contributed by atoms with Crippen molar-refractivity contribution >= 4 is 5.97 Å². The van der Waals surface area contributed by atoms with E-state index < -0.39 is 5.97 Å². The number of aromatic nitrogens is 4. The lowest BCUT2D eigenvalue weighted by atomic mass is 10.1. The lowest BCUT2D eigenvalue weighted by molar-refractivity contribution is 0.0697. The molecule has 0 aliphatic heterocycles. The van der Waals surface area contributed by atoms with Gasteiger partial charge in [0.2, 0.25) is 5.82 Å². The predicted molar refractivity (Wildman–Crippen MR) is 75.7 cm³/mol. The van der Waals surface area contributed by atoms with Crippen molar-refractivity contribution in [1.82, 2.24) is 20.2 Å². The van der Waals surface area contributed by atoms with Crippen LogP contribution in [0.2, 0.25) is 0 Å². The molecule has 0 amide bonds. The van der Waals surface area contributed by atoms with Crippen molar-refractivity contribution in [3.8, 4) is 11.4 Å². The molecular formula is C15H11FN4O2. The Morgan fingerprint density at radius 1 is 1.18 bits per heavy atom. The summed E-state index contributed by atoms with van der Waals surface area (Å²) in [6.45, 7) is 0.353. The standard InChI is InChI=1S/C15H11FN4O2/c16-13-6-4-10(5-7-13)9-20-18-14(17-19-20)11-2-1-3-12(8-11)15(21)22/h1-8H,9H2,(H,21,22). The minimum atomic E-state index is -1.01. The fourth-order valence-electron chi connectivity index (χ4n) is 1.97. The van der Waals surface area contributed by atoms with Crippen molar-refractivity contribution in [2.45, 2.75) is 6.54 Å². The van der Waals surface area contributed by atoms with E-state index >= 15 is 0 Å². The van der Waals surface area contributed by atoms with Gasteiger partial charge in [0.15, 0.2) is 0 Å². The third-order valence-corrected chi connectivity index (χ3v) is 3.06. The number of hydrogen-bond donors (Lipinski definition) is 1. The molecule has 0 unspecified atom stereocenters. The van der Waals surface area contributed by atoms with E-state index in [9.17, 15) is 9.18 Å². The Morgan fingerprint density at radius 2 is 1.95 bits per heavy atom. The van der Waals surface area contributed by atoms with Crippen LogP contribution in [0.15, 0.2) is 48.5 Å². The summed E-state index contributed by atoms with van der Waals surface area (Å²) in [7, 11) is 0. The zero-order valence-electron chi connectivity index (χ0n) is 11.3. The number of carboxylic acids is 1. The minimum Gasteiger partial charge on any atom is -0.478 e. The fourth-order valence-corrected chi connectivity index (χ4v) is 1.97.